The predicted molar refractivity (Wildman–Crippen MR) is 114 cm³/mol. The van der Waals surface area contributed by atoms with E-state index in [1.165, 1.54) is 42.9 Å². The van der Waals surface area contributed by atoms with Crippen molar-refractivity contribution in [2.75, 3.05) is 0 Å². The molecule has 0 aliphatic carbocycles. The topological polar surface area (TPSA) is 83.2 Å². The lowest BCUT2D eigenvalue weighted by Gasteiger charge is -2.18. The molecule has 0 aliphatic heterocycles. The fraction of sp³-hybridized carbons (Fsp3) is 0.182. The number of carbonyl (C=O) groups excluding carboxylic acids is 1. The number of fused-ring (bicyclic) bond motifs is 1. The zero-order valence-electron chi connectivity index (χ0n) is 17.1. The van der Waals surface area contributed by atoms with E-state index in [-0.39, 0.29) is 10.4 Å². The Labute approximate surface area is 178 Å². The first-order chi connectivity index (χ1) is 14.6. The van der Waals surface area contributed by atoms with Gasteiger partial charge in [0.15, 0.2) is 0 Å². The van der Waals surface area contributed by atoms with E-state index in [4.69, 9.17) is 4.74 Å². The molecule has 7 nitrogen and oxygen atoms in total. The van der Waals surface area contributed by atoms with E-state index in [1.54, 1.807) is 39.0 Å². The zero-order chi connectivity index (χ0) is 22.4. The van der Waals surface area contributed by atoms with Crippen LogP contribution >= 0.6 is 0 Å². The molecule has 0 atom stereocenters. The summed E-state index contributed by atoms with van der Waals surface area (Å²) in [5, 5.41) is 4.54. The normalized spacial score (nSPS) is 12.3. The number of hydrogen-bond donors (Lipinski definition) is 0. The largest absolute Gasteiger partial charge is 0.442 e. The first-order valence-corrected chi connectivity index (χ1v) is 10.9. The third kappa shape index (κ3) is 3.96. The van der Waals surface area contributed by atoms with Gasteiger partial charge in [-0.2, -0.15) is 9.78 Å². The van der Waals surface area contributed by atoms with Crippen LogP contribution in [0.3, 0.4) is 0 Å². The van der Waals surface area contributed by atoms with Gasteiger partial charge in [0.25, 0.3) is 10.0 Å². The van der Waals surface area contributed by atoms with Gasteiger partial charge in [-0.15, -0.1) is 0 Å². The maximum atomic E-state index is 14.0. The van der Waals surface area contributed by atoms with Gasteiger partial charge >= 0.3 is 6.09 Å². The number of nitrogens with zero attached hydrogens (tertiary/aromatic N) is 3. The summed E-state index contributed by atoms with van der Waals surface area (Å²) in [7, 11) is -3.97. The number of ether oxygens (including phenoxy) is 1. The number of rotatable bonds is 3. The highest BCUT2D eigenvalue weighted by molar-refractivity contribution is 7.90. The van der Waals surface area contributed by atoms with Gasteiger partial charge < -0.3 is 4.74 Å². The summed E-state index contributed by atoms with van der Waals surface area (Å²) in [6.07, 6.45) is 3.63. The molecule has 0 aliphatic rings. The second kappa shape index (κ2) is 7.35. The van der Waals surface area contributed by atoms with Crippen LogP contribution in [-0.4, -0.2) is 33.9 Å². The molecule has 31 heavy (non-hydrogen) atoms. The standard InChI is InChI=1S/C22H20FN3O4S/c1-22(2,3)30-21(27)25-13-15(12-24-25)19-14-26(20-11-16(23)9-10-18(19)20)31(28,29)17-7-5-4-6-8-17/h4-14H,1-3H3. The van der Waals surface area contributed by atoms with Gasteiger partial charge in [-0.05, 0) is 51.1 Å². The Morgan fingerprint density at radius 3 is 2.45 bits per heavy atom. The van der Waals surface area contributed by atoms with Crippen LogP contribution < -0.4 is 0 Å². The van der Waals surface area contributed by atoms with Gasteiger partial charge in [-0.1, -0.05) is 18.2 Å². The highest BCUT2D eigenvalue weighted by atomic mass is 32.2. The van der Waals surface area contributed by atoms with Crippen molar-refractivity contribution in [3.05, 3.63) is 72.9 Å². The molecule has 0 radical (unpaired) electrons. The Morgan fingerprint density at radius 1 is 1.06 bits per heavy atom. The van der Waals surface area contributed by atoms with E-state index in [9.17, 15) is 17.6 Å². The highest BCUT2D eigenvalue weighted by Gasteiger charge is 2.24. The van der Waals surface area contributed by atoms with E-state index in [1.807, 2.05) is 0 Å². The average Bonchev–Trinajstić information content (AvgIpc) is 3.32. The minimum absolute atomic E-state index is 0.0761. The monoisotopic (exact) mass is 441 g/mol. The minimum atomic E-state index is -3.97. The number of hydrogen-bond acceptors (Lipinski definition) is 5. The van der Waals surface area contributed by atoms with Crippen molar-refractivity contribution in [3.63, 3.8) is 0 Å². The molecule has 160 valence electrons. The number of halogens is 1. The van der Waals surface area contributed by atoms with E-state index >= 15 is 0 Å². The zero-order valence-corrected chi connectivity index (χ0v) is 17.9. The summed E-state index contributed by atoms with van der Waals surface area (Å²) in [6.45, 7) is 5.23. The fourth-order valence-electron chi connectivity index (χ4n) is 3.18. The molecule has 2 aromatic heterocycles. The van der Waals surface area contributed by atoms with Gasteiger partial charge in [0.05, 0.1) is 16.6 Å². The van der Waals surface area contributed by atoms with Crippen LogP contribution in [0.5, 0.6) is 0 Å². The summed E-state index contributed by atoms with van der Waals surface area (Å²) in [5.74, 6) is -0.564. The van der Waals surface area contributed by atoms with Gasteiger partial charge in [0.2, 0.25) is 0 Å². The van der Waals surface area contributed by atoms with Crippen LogP contribution in [-0.2, 0) is 14.8 Å². The molecule has 0 unspecified atom stereocenters. The molecule has 4 aromatic rings. The van der Waals surface area contributed by atoms with Crippen molar-refractivity contribution in [3.8, 4) is 11.1 Å². The fourth-order valence-corrected chi connectivity index (χ4v) is 4.56. The Bertz CT molecular complexity index is 1380. The molecule has 0 amide bonds. The quantitative estimate of drug-likeness (QED) is 0.462. The molecule has 2 aromatic carbocycles. The van der Waals surface area contributed by atoms with Gasteiger partial charge in [0.1, 0.15) is 11.4 Å². The van der Waals surface area contributed by atoms with E-state index in [0.717, 1.165) is 14.7 Å². The van der Waals surface area contributed by atoms with Gasteiger partial charge in [-0.25, -0.2) is 21.6 Å². The molecule has 0 bridgehead atoms. The van der Waals surface area contributed by atoms with Crippen LogP contribution in [0.25, 0.3) is 22.0 Å². The molecule has 0 saturated heterocycles. The Balaban J connectivity index is 1.85. The van der Waals surface area contributed by atoms with E-state index in [0.29, 0.717) is 16.5 Å². The van der Waals surface area contributed by atoms with E-state index in [2.05, 4.69) is 5.10 Å². The SMILES string of the molecule is CC(C)(C)OC(=O)n1cc(-c2cn(S(=O)(=O)c3ccccc3)c3cc(F)ccc23)cn1. The summed E-state index contributed by atoms with van der Waals surface area (Å²) in [5.41, 5.74) is 0.471. The smallest absolute Gasteiger partial charge is 0.435 e. The maximum Gasteiger partial charge on any atom is 0.435 e. The third-order valence-electron chi connectivity index (χ3n) is 4.51. The number of carbonyl (C=O) groups is 1. The summed E-state index contributed by atoms with van der Waals surface area (Å²) < 4.78 is 47.8. The molecule has 0 saturated carbocycles. The molecule has 0 fully saturated rings. The highest BCUT2D eigenvalue weighted by Crippen LogP contribution is 2.33. The van der Waals surface area contributed by atoms with Crippen LogP contribution in [0.4, 0.5) is 9.18 Å². The predicted octanol–water partition coefficient (Wildman–Crippen LogP) is 4.66. The van der Waals surface area contributed by atoms with Gasteiger partial charge in [0, 0.05) is 28.9 Å². The second-order valence-electron chi connectivity index (χ2n) is 7.97. The molecule has 2 heterocycles. The van der Waals surface area contributed by atoms with Crippen LogP contribution in [0.1, 0.15) is 20.8 Å². The molecule has 9 heteroatoms. The lowest BCUT2D eigenvalue weighted by Crippen LogP contribution is -2.27. The summed E-state index contributed by atoms with van der Waals surface area (Å²) >= 11 is 0. The molecule has 4 rings (SSSR count). The number of benzene rings is 2. The lowest BCUT2D eigenvalue weighted by molar-refractivity contribution is 0.0514. The maximum absolute atomic E-state index is 14.0. The Kier molecular flexibility index (Phi) is 4.93. The van der Waals surface area contributed by atoms with Crippen molar-refractivity contribution in [2.45, 2.75) is 31.3 Å². The van der Waals surface area contributed by atoms with Crippen molar-refractivity contribution in [2.24, 2.45) is 0 Å². The Hall–Kier alpha value is -3.46. The molecular formula is C22H20FN3O4S. The first kappa shape index (κ1) is 20.8. The van der Waals surface area contributed by atoms with Crippen molar-refractivity contribution >= 4 is 27.0 Å². The first-order valence-electron chi connectivity index (χ1n) is 9.46. The average molecular weight is 441 g/mol. The van der Waals surface area contributed by atoms with Gasteiger partial charge in [-0.3, -0.25) is 0 Å². The molecule has 0 spiro atoms. The minimum Gasteiger partial charge on any atom is -0.442 e. The van der Waals surface area contributed by atoms with Crippen molar-refractivity contribution < 1.29 is 22.3 Å². The third-order valence-corrected chi connectivity index (χ3v) is 6.20. The summed E-state index contributed by atoms with van der Waals surface area (Å²) in [4.78, 5) is 12.4. The molecule has 0 N–H and O–H groups in total. The summed E-state index contributed by atoms with van der Waals surface area (Å²) in [6, 6.07) is 11.8. The van der Waals surface area contributed by atoms with Crippen molar-refractivity contribution in [1.29, 1.82) is 0 Å². The Morgan fingerprint density at radius 2 is 1.77 bits per heavy atom. The van der Waals surface area contributed by atoms with E-state index < -0.39 is 27.5 Å². The second-order valence-corrected chi connectivity index (χ2v) is 9.79. The van der Waals surface area contributed by atoms with Crippen LogP contribution in [0, 0.1) is 5.82 Å². The van der Waals surface area contributed by atoms with Crippen molar-refractivity contribution in [1.82, 2.24) is 13.8 Å². The lowest BCUT2D eigenvalue weighted by atomic mass is 10.1. The molecular weight excluding hydrogens is 421 g/mol. The number of aromatic nitrogens is 3. The van der Waals surface area contributed by atoms with Crippen LogP contribution in [0.15, 0.2) is 72.0 Å². The van der Waals surface area contributed by atoms with Crippen LogP contribution in [0.2, 0.25) is 0 Å².